The van der Waals surface area contributed by atoms with Crippen LogP contribution in [0.2, 0.25) is 0 Å². The fraction of sp³-hybridized carbons (Fsp3) is 0.182. The molecule has 0 saturated carbocycles. The number of nitrogens with one attached hydrogen (secondary N) is 1. The molecule has 33 heavy (non-hydrogen) atoms. The smallest absolute Gasteiger partial charge is 0.268 e. The van der Waals surface area contributed by atoms with Crippen molar-refractivity contribution < 1.29 is 22.7 Å². The van der Waals surface area contributed by atoms with Crippen LogP contribution in [0.15, 0.2) is 53.2 Å². The van der Waals surface area contributed by atoms with E-state index in [1.54, 1.807) is 18.2 Å². The summed E-state index contributed by atoms with van der Waals surface area (Å²) in [6, 6.07) is 14.8. The van der Waals surface area contributed by atoms with Crippen LogP contribution in [0.3, 0.4) is 0 Å². The quantitative estimate of drug-likeness (QED) is 0.380. The largest absolute Gasteiger partial charge is 0.493 e. The van der Waals surface area contributed by atoms with Gasteiger partial charge >= 0.3 is 0 Å². The fourth-order valence-corrected chi connectivity index (χ4v) is 4.19. The van der Waals surface area contributed by atoms with Gasteiger partial charge in [0.25, 0.3) is 11.1 Å². The van der Waals surface area contributed by atoms with Crippen molar-refractivity contribution in [3.8, 4) is 17.6 Å². The van der Waals surface area contributed by atoms with E-state index in [0.29, 0.717) is 35.2 Å². The zero-order valence-corrected chi connectivity index (χ0v) is 19.7. The molecule has 0 radical (unpaired) electrons. The number of nitrogens with zero attached hydrogens (tertiary/aromatic N) is 3. The lowest BCUT2D eigenvalue weighted by Gasteiger charge is -2.12. The number of aryl methyl sites for hydroxylation is 1. The van der Waals surface area contributed by atoms with Crippen molar-refractivity contribution in [2.45, 2.75) is 18.7 Å². The average molecular weight is 485 g/mol. The highest BCUT2D eigenvalue weighted by Crippen LogP contribution is 2.30. The van der Waals surface area contributed by atoms with Crippen LogP contribution in [0.4, 0.5) is 5.13 Å². The van der Waals surface area contributed by atoms with Crippen molar-refractivity contribution in [3.05, 3.63) is 64.7 Å². The summed E-state index contributed by atoms with van der Waals surface area (Å²) >= 11 is 0.706. The Morgan fingerprint density at radius 3 is 2.67 bits per heavy atom. The molecule has 0 unspecified atom stereocenters. The second-order valence-electron chi connectivity index (χ2n) is 6.97. The van der Waals surface area contributed by atoms with E-state index in [4.69, 9.17) is 9.47 Å². The molecule has 0 aliphatic heterocycles. The minimum Gasteiger partial charge on any atom is -0.493 e. The number of sulfone groups is 1. The molecule has 1 aromatic heterocycles. The number of rotatable bonds is 8. The SMILES string of the molecule is COc1cc(/C=C(/C#N)C(=O)Nc2nc(S(C)(=O)=O)ns2)ccc1OCc1cccc(C)c1. The predicted molar refractivity (Wildman–Crippen MR) is 124 cm³/mol. The van der Waals surface area contributed by atoms with Gasteiger partial charge in [0.15, 0.2) is 11.5 Å². The normalized spacial score (nSPS) is 11.5. The van der Waals surface area contributed by atoms with Gasteiger partial charge in [-0.1, -0.05) is 35.9 Å². The van der Waals surface area contributed by atoms with E-state index in [2.05, 4.69) is 14.7 Å². The van der Waals surface area contributed by atoms with Crippen molar-refractivity contribution >= 4 is 38.5 Å². The van der Waals surface area contributed by atoms with Crippen molar-refractivity contribution in [2.75, 3.05) is 18.7 Å². The summed E-state index contributed by atoms with van der Waals surface area (Å²) in [6.07, 6.45) is 2.34. The van der Waals surface area contributed by atoms with Gasteiger partial charge in [-0.15, -0.1) is 0 Å². The van der Waals surface area contributed by atoms with Gasteiger partial charge in [-0.3, -0.25) is 10.1 Å². The van der Waals surface area contributed by atoms with Gasteiger partial charge in [-0.05, 0) is 36.3 Å². The van der Waals surface area contributed by atoms with E-state index in [9.17, 15) is 18.5 Å². The minimum atomic E-state index is -3.60. The third-order valence-corrected chi connectivity index (χ3v) is 5.89. The molecule has 3 aromatic rings. The first-order valence-corrected chi connectivity index (χ1v) is 12.2. The Balaban J connectivity index is 1.75. The molecule has 11 heteroatoms. The van der Waals surface area contributed by atoms with Crippen LogP contribution in [0.25, 0.3) is 6.08 Å². The van der Waals surface area contributed by atoms with Crippen LogP contribution >= 0.6 is 11.5 Å². The van der Waals surface area contributed by atoms with E-state index in [1.807, 2.05) is 37.3 Å². The third-order valence-electron chi connectivity index (χ3n) is 4.30. The Kier molecular flexibility index (Phi) is 7.42. The number of carbonyl (C=O) groups excluding carboxylic acids is 1. The molecule has 3 rings (SSSR count). The number of methoxy groups -OCH3 is 1. The maximum absolute atomic E-state index is 12.4. The molecule has 0 saturated heterocycles. The number of benzene rings is 2. The molecule has 2 aromatic carbocycles. The lowest BCUT2D eigenvalue weighted by atomic mass is 10.1. The molecule has 0 bridgehead atoms. The van der Waals surface area contributed by atoms with E-state index in [1.165, 1.54) is 13.2 Å². The van der Waals surface area contributed by atoms with Gasteiger partial charge in [0, 0.05) is 17.8 Å². The highest BCUT2D eigenvalue weighted by molar-refractivity contribution is 7.90. The van der Waals surface area contributed by atoms with Crippen molar-refractivity contribution in [1.82, 2.24) is 9.36 Å². The Bertz CT molecular complexity index is 1360. The number of hydrogen-bond donors (Lipinski definition) is 1. The summed E-state index contributed by atoms with van der Waals surface area (Å²) in [5.41, 5.74) is 2.48. The first-order chi connectivity index (χ1) is 15.7. The van der Waals surface area contributed by atoms with Crippen LogP contribution in [-0.4, -0.2) is 37.0 Å². The molecule has 0 atom stereocenters. The second kappa shape index (κ2) is 10.2. The van der Waals surface area contributed by atoms with Crippen molar-refractivity contribution in [1.29, 1.82) is 5.26 Å². The van der Waals surface area contributed by atoms with Gasteiger partial charge in [0.1, 0.15) is 18.2 Å². The molecule has 0 aliphatic rings. The highest BCUT2D eigenvalue weighted by Gasteiger charge is 2.17. The third kappa shape index (κ3) is 6.38. The molecular formula is C22H20N4O5S2. The van der Waals surface area contributed by atoms with Crippen molar-refractivity contribution in [2.24, 2.45) is 0 Å². The average Bonchev–Trinajstić information content (AvgIpc) is 3.25. The standard InChI is InChI=1S/C22H20N4O5S2/c1-14-5-4-6-16(9-14)13-31-18-8-7-15(11-19(18)30-2)10-17(12-23)20(27)24-21-25-22(26-32-21)33(3,28)29/h4-11H,13H2,1-3H3,(H,24,25,26,27)/b17-10-. The summed E-state index contributed by atoms with van der Waals surface area (Å²) in [5.74, 6) is 0.213. The van der Waals surface area contributed by atoms with Crippen LogP contribution in [-0.2, 0) is 21.2 Å². The fourth-order valence-electron chi connectivity index (χ4n) is 2.75. The highest BCUT2D eigenvalue weighted by atomic mass is 32.2. The van der Waals surface area contributed by atoms with E-state index >= 15 is 0 Å². The van der Waals surface area contributed by atoms with E-state index in [-0.39, 0.29) is 10.7 Å². The Hall–Kier alpha value is -3.75. The Morgan fingerprint density at radius 2 is 2.03 bits per heavy atom. The number of hydrogen-bond acceptors (Lipinski definition) is 9. The van der Waals surface area contributed by atoms with Gasteiger partial charge in [-0.2, -0.15) is 14.6 Å². The zero-order valence-electron chi connectivity index (χ0n) is 18.0. The monoisotopic (exact) mass is 484 g/mol. The van der Waals surface area contributed by atoms with Crippen LogP contribution in [0.5, 0.6) is 11.5 Å². The number of anilines is 1. The van der Waals surface area contributed by atoms with Crippen LogP contribution in [0, 0.1) is 18.3 Å². The lowest BCUT2D eigenvalue weighted by Crippen LogP contribution is -2.13. The number of nitriles is 1. The zero-order chi connectivity index (χ0) is 24.0. The van der Waals surface area contributed by atoms with Gasteiger partial charge in [0.05, 0.1) is 7.11 Å². The van der Waals surface area contributed by atoms with Gasteiger partial charge in [-0.25, -0.2) is 8.42 Å². The first kappa shape index (κ1) is 23.9. The van der Waals surface area contributed by atoms with E-state index < -0.39 is 20.9 Å². The minimum absolute atomic E-state index is 0.0287. The van der Waals surface area contributed by atoms with E-state index in [0.717, 1.165) is 17.4 Å². The second-order valence-corrected chi connectivity index (χ2v) is 9.63. The summed E-state index contributed by atoms with van der Waals surface area (Å²) in [5, 5.41) is 11.4. The summed E-state index contributed by atoms with van der Waals surface area (Å²) in [4.78, 5) is 16.2. The molecule has 170 valence electrons. The number of carbonyl (C=O) groups is 1. The van der Waals surface area contributed by atoms with Crippen molar-refractivity contribution in [3.63, 3.8) is 0 Å². The lowest BCUT2D eigenvalue weighted by molar-refractivity contribution is -0.112. The predicted octanol–water partition coefficient (Wildman–Crippen LogP) is 3.38. The molecule has 1 N–H and O–H groups in total. The maximum Gasteiger partial charge on any atom is 0.268 e. The van der Waals surface area contributed by atoms with Crippen LogP contribution < -0.4 is 14.8 Å². The molecule has 0 fully saturated rings. The number of aromatic nitrogens is 2. The Labute approximate surface area is 195 Å². The maximum atomic E-state index is 12.4. The summed E-state index contributed by atoms with van der Waals surface area (Å²) in [7, 11) is -2.10. The van der Waals surface area contributed by atoms with Crippen LogP contribution in [0.1, 0.15) is 16.7 Å². The number of amides is 1. The molecule has 0 aliphatic carbocycles. The number of ether oxygens (including phenoxy) is 2. The molecule has 0 spiro atoms. The topological polar surface area (TPSA) is 131 Å². The van der Waals surface area contributed by atoms with Gasteiger partial charge < -0.3 is 9.47 Å². The van der Waals surface area contributed by atoms with Gasteiger partial charge in [0.2, 0.25) is 15.0 Å². The first-order valence-electron chi connectivity index (χ1n) is 9.53. The molecular weight excluding hydrogens is 464 g/mol. The Morgan fingerprint density at radius 1 is 1.24 bits per heavy atom. The molecule has 1 heterocycles. The summed E-state index contributed by atoms with van der Waals surface area (Å²) < 4.78 is 37.9. The molecule has 9 nitrogen and oxygen atoms in total. The molecule has 1 amide bonds. The summed E-state index contributed by atoms with van der Waals surface area (Å²) in [6.45, 7) is 2.36.